The van der Waals surface area contributed by atoms with Gasteiger partial charge in [-0.15, -0.1) is 0 Å². The average Bonchev–Trinajstić information content (AvgIpc) is 3.45. The van der Waals surface area contributed by atoms with Gasteiger partial charge in [-0.05, 0) is 49.1 Å². The molecule has 146 valence electrons. The first kappa shape index (κ1) is 17.7. The van der Waals surface area contributed by atoms with Crippen molar-refractivity contribution in [3.63, 3.8) is 0 Å². The van der Waals surface area contributed by atoms with Gasteiger partial charge in [-0.3, -0.25) is 4.79 Å². The van der Waals surface area contributed by atoms with Gasteiger partial charge in [0.1, 0.15) is 11.5 Å². The molecule has 0 saturated heterocycles. The van der Waals surface area contributed by atoms with E-state index in [1.165, 1.54) is 6.07 Å². The minimum absolute atomic E-state index is 0.134. The minimum atomic E-state index is -0.337. The number of aromatic nitrogens is 3. The van der Waals surface area contributed by atoms with Crippen LogP contribution < -0.4 is 0 Å². The van der Waals surface area contributed by atoms with Crippen LogP contribution in [0.15, 0.2) is 54.7 Å². The summed E-state index contributed by atoms with van der Waals surface area (Å²) >= 11 is 0. The largest absolute Gasteiger partial charge is 0.361 e. The van der Waals surface area contributed by atoms with Crippen LogP contribution in [-0.4, -0.2) is 32.6 Å². The van der Waals surface area contributed by atoms with Gasteiger partial charge >= 0.3 is 0 Å². The Morgan fingerprint density at radius 3 is 2.90 bits per heavy atom. The summed E-state index contributed by atoms with van der Waals surface area (Å²) in [6.07, 6.45) is 4.45. The van der Waals surface area contributed by atoms with Gasteiger partial charge in [-0.2, -0.15) is 5.10 Å². The standard InChI is InChI=1S/C23H21FN4O/c1-27(14-15-6-4-9-19-16(15)12-13-25-19)23(29)22-17-7-5-11-20(17)28(26-22)21-10-3-2-8-18(21)24/h2-4,6,8-10,12-13,25H,5,7,11,14H2,1H3. The van der Waals surface area contributed by atoms with E-state index >= 15 is 0 Å². The lowest BCUT2D eigenvalue weighted by molar-refractivity contribution is 0.0778. The molecule has 1 aliphatic carbocycles. The van der Waals surface area contributed by atoms with Crippen LogP contribution >= 0.6 is 0 Å². The van der Waals surface area contributed by atoms with Crippen molar-refractivity contribution in [1.29, 1.82) is 0 Å². The van der Waals surface area contributed by atoms with E-state index in [1.807, 2.05) is 30.5 Å². The van der Waals surface area contributed by atoms with Crippen LogP contribution in [0.5, 0.6) is 0 Å². The highest BCUT2D eigenvalue weighted by atomic mass is 19.1. The van der Waals surface area contributed by atoms with E-state index in [1.54, 1.807) is 34.8 Å². The smallest absolute Gasteiger partial charge is 0.274 e. The van der Waals surface area contributed by atoms with Crippen molar-refractivity contribution in [1.82, 2.24) is 19.7 Å². The van der Waals surface area contributed by atoms with E-state index in [4.69, 9.17) is 0 Å². The van der Waals surface area contributed by atoms with Crippen molar-refractivity contribution in [2.75, 3.05) is 7.05 Å². The maximum absolute atomic E-state index is 14.4. The fourth-order valence-corrected chi connectivity index (χ4v) is 4.23. The lowest BCUT2D eigenvalue weighted by Crippen LogP contribution is -2.27. The molecule has 0 unspecified atom stereocenters. The molecule has 5 nitrogen and oxygen atoms in total. The Hall–Kier alpha value is -3.41. The monoisotopic (exact) mass is 388 g/mol. The molecule has 0 aliphatic heterocycles. The number of H-pyrrole nitrogens is 1. The number of nitrogens with zero attached hydrogens (tertiary/aromatic N) is 3. The summed E-state index contributed by atoms with van der Waals surface area (Å²) < 4.78 is 16.0. The highest BCUT2D eigenvalue weighted by Gasteiger charge is 2.29. The van der Waals surface area contributed by atoms with Gasteiger partial charge in [0.2, 0.25) is 0 Å². The second-order valence-corrected chi connectivity index (χ2v) is 7.51. The normalized spacial score (nSPS) is 13.0. The molecular formula is C23H21FN4O. The number of nitrogens with one attached hydrogen (secondary N) is 1. The Morgan fingerprint density at radius 2 is 2.03 bits per heavy atom. The van der Waals surface area contributed by atoms with Gasteiger partial charge < -0.3 is 9.88 Å². The quantitative estimate of drug-likeness (QED) is 0.568. The number of carbonyl (C=O) groups excluding carboxylic acids is 1. The van der Waals surface area contributed by atoms with E-state index in [9.17, 15) is 9.18 Å². The Labute approximate surface area is 167 Å². The van der Waals surface area contributed by atoms with Crippen LogP contribution in [0.3, 0.4) is 0 Å². The molecule has 2 aromatic heterocycles. The fourth-order valence-electron chi connectivity index (χ4n) is 4.23. The van der Waals surface area contributed by atoms with Gasteiger partial charge in [-0.25, -0.2) is 9.07 Å². The number of hydrogen-bond donors (Lipinski definition) is 1. The number of hydrogen-bond acceptors (Lipinski definition) is 2. The molecule has 0 spiro atoms. The maximum Gasteiger partial charge on any atom is 0.274 e. The topological polar surface area (TPSA) is 53.9 Å². The number of benzene rings is 2. The Morgan fingerprint density at radius 1 is 1.17 bits per heavy atom. The number of aromatic amines is 1. The first-order valence-electron chi connectivity index (χ1n) is 9.79. The van der Waals surface area contributed by atoms with Gasteiger partial charge in [0.15, 0.2) is 5.69 Å². The highest BCUT2D eigenvalue weighted by Crippen LogP contribution is 2.29. The number of carbonyl (C=O) groups is 1. The van der Waals surface area contributed by atoms with Gasteiger partial charge in [-0.1, -0.05) is 24.3 Å². The van der Waals surface area contributed by atoms with Crippen LogP contribution in [0.1, 0.15) is 33.7 Å². The van der Waals surface area contributed by atoms with E-state index in [0.717, 1.165) is 47.0 Å². The maximum atomic E-state index is 14.4. The third-order valence-electron chi connectivity index (χ3n) is 5.65. The van der Waals surface area contributed by atoms with Crippen LogP contribution in [0.2, 0.25) is 0 Å². The summed E-state index contributed by atoms with van der Waals surface area (Å²) in [5.74, 6) is -0.470. The van der Waals surface area contributed by atoms with Crippen LogP contribution in [0.25, 0.3) is 16.6 Å². The second kappa shape index (κ2) is 6.88. The summed E-state index contributed by atoms with van der Waals surface area (Å²) in [5.41, 5.74) is 4.84. The van der Waals surface area contributed by atoms with Crippen molar-refractivity contribution >= 4 is 16.8 Å². The molecule has 29 heavy (non-hydrogen) atoms. The minimum Gasteiger partial charge on any atom is -0.361 e. The molecule has 2 heterocycles. The molecule has 0 saturated carbocycles. The molecule has 0 fully saturated rings. The SMILES string of the molecule is CN(Cc1cccc2[nH]ccc12)C(=O)c1nn(-c2ccccc2F)c2c1CCC2. The number of rotatable bonds is 4. The lowest BCUT2D eigenvalue weighted by atomic mass is 10.1. The molecule has 0 atom stereocenters. The summed E-state index contributed by atoms with van der Waals surface area (Å²) in [4.78, 5) is 18.2. The molecule has 0 radical (unpaired) electrons. The second-order valence-electron chi connectivity index (χ2n) is 7.51. The average molecular weight is 388 g/mol. The number of halogens is 1. The molecule has 1 amide bonds. The summed E-state index contributed by atoms with van der Waals surface area (Å²) in [6, 6.07) is 14.6. The molecule has 1 N–H and O–H groups in total. The highest BCUT2D eigenvalue weighted by molar-refractivity contribution is 5.94. The molecule has 4 aromatic rings. The van der Waals surface area contributed by atoms with E-state index < -0.39 is 0 Å². The first-order valence-corrected chi connectivity index (χ1v) is 9.79. The zero-order chi connectivity index (χ0) is 20.0. The number of amides is 1. The Balaban J connectivity index is 1.49. The molecule has 1 aliphatic rings. The van der Waals surface area contributed by atoms with Crippen molar-refractivity contribution in [2.45, 2.75) is 25.8 Å². The molecule has 5 rings (SSSR count). The predicted octanol–water partition coefficient (Wildman–Crippen LogP) is 4.25. The van der Waals surface area contributed by atoms with Crippen molar-refractivity contribution < 1.29 is 9.18 Å². The predicted molar refractivity (Wildman–Crippen MR) is 110 cm³/mol. The summed E-state index contributed by atoms with van der Waals surface area (Å²) in [6.45, 7) is 0.482. The van der Waals surface area contributed by atoms with Gasteiger partial charge in [0.05, 0.1) is 0 Å². The third-order valence-corrected chi connectivity index (χ3v) is 5.65. The van der Waals surface area contributed by atoms with Crippen molar-refractivity contribution in [3.05, 3.63) is 83.1 Å². The van der Waals surface area contributed by atoms with Crippen LogP contribution in [-0.2, 0) is 19.4 Å². The molecule has 2 aromatic carbocycles. The van der Waals surface area contributed by atoms with Gasteiger partial charge in [0, 0.05) is 41.9 Å². The van der Waals surface area contributed by atoms with Gasteiger partial charge in [0.25, 0.3) is 5.91 Å². The Bertz CT molecular complexity index is 1220. The summed E-state index contributed by atoms with van der Waals surface area (Å²) in [5, 5.41) is 5.66. The van der Waals surface area contributed by atoms with E-state index in [-0.39, 0.29) is 11.7 Å². The third kappa shape index (κ3) is 2.92. The number of para-hydroxylation sites is 1. The first-order chi connectivity index (χ1) is 14.1. The summed E-state index contributed by atoms with van der Waals surface area (Å²) in [7, 11) is 1.79. The molecule has 6 heteroatoms. The van der Waals surface area contributed by atoms with Crippen LogP contribution in [0.4, 0.5) is 4.39 Å². The van der Waals surface area contributed by atoms with E-state index in [2.05, 4.69) is 10.1 Å². The van der Waals surface area contributed by atoms with E-state index in [0.29, 0.717) is 17.9 Å². The van der Waals surface area contributed by atoms with Crippen LogP contribution in [0, 0.1) is 5.82 Å². The number of fused-ring (bicyclic) bond motifs is 2. The molecular weight excluding hydrogens is 367 g/mol. The zero-order valence-electron chi connectivity index (χ0n) is 16.2. The zero-order valence-corrected chi connectivity index (χ0v) is 16.2. The fraction of sp³-hybridized carbons (Fsp3) is 0.217. The van der Waals surface area contributed by atoms with Crippen molar-refractivity contribution in [3.8, 4) is 5.69 Å². The lowest BCUT2D eigenvalue weighted by Gasteiger charge is -2.17. The molecule has 0 bridgehead atoms. The Kier molecular flexibility index (Phi) is 4.19. The van der Waals surface area contributed by atoms with Crippen molar-refractivity contribution in [2.24, 2.45) is 0 Å².